The molecule has 0 amide bonds. The number of hydrogen-bond acceptors (Lipinski definition) is 3. The van der Waals surface area contributed by atoms with Crippen LogP contribution in [0.2, 0.25) is 0 Å². The molecule has 1 aromatic rings. The lowest BCUT2D eigenvalue weighted by Gasteiger charge is -2.04. The summed E-state index contributed by atoms with van der Waals surface area (Å²) in [4.78, 5) is 0. The first-order valence-corrected chi connectivity index (χ1v) is 6.05. The van der Waals surface area contributed by atoms with Crippen molar-refractivity contribution in [2.24, 2.45) is 0 Å². The third-order valence-corrected chi connectivity index (χ3v) is 2.36. The smallest absolute Gasteiger partial charge is 0.0534 e. The molecule has 0 aliphatic carbocycles. The summed E-state index contributed by atoms with van der Waals surface area (Å²) in [6.07, 6.45) is 5.09. The maximum atomic E-state index is 5.26. The van der Waals surface area contributed by atoms with Crippen LogP contribution in [0.3, 0.4) is 0 Å². The van der Waals surface area contributed by atoms with Gasteiger partial charge in [0.15, 0.2) is 0 Å². The minimum absolute atomic E-state index is 0. The van der Waals surface area contributed by atoms with Gasteiger partial charge in [0, 0.05) is 37.6 Å². The number of ether oxygens (including phenoxy) is 1. The van der Waals surface area contributed by atoms with Gasteiger partial charge in [0.05, 0.1) is 6.20 Å². The molecule has 4 nitrogen and oxygen atoms in total. The zero-order valence-corrected chi connectivity index (χ0v) is 11.8. The van der Waals surface area contributed by atoms with Gasteiger partial charge in [0.25, 0.3) is 0 Å². The highest BCUT2D eigenvalue weighted by Gasteiger charge is 2.00. The van der Waals surface area contributed by atoms with E-state index in [9.17, 15) is 0 Å². The van der Waals surface area contributed by atoms with Crippen molar-refractivity contribution in [2.75, 3.05) is 19.8 Å². The van der Waals surface area contributed by atoms with Crippen LogP contribution in [0.1, 0.15) is 38.8 Å². The van der Waals surface area contributed by atoms with E-state index < -0.39 is 0 Å². The highest BCUT2D eigenvalue weighted by molar-refractivity contribution is 5.85. The van der Waals surface area contributed by atoms with Crippen LogP contribution in [0, 0.1) is 0 Å². The third kappa shape index (κ3) is 6.66. The van der Waals surface area contributed by atoms with Crippen LogP contribution in [0.5, 0.6) is 0 Å². The highest BCUT2D eigenvalue weighted by atomic mass is 35.5. The highest BCUT2D eigenvalue weighted by Crippen LogP contribution is 2.04. The van der Waals surface area contributed by atoms with Gasteiger partial charge in [-0.05, 0) is 33.7 Å². The van der Waals surface area contributed by atoms with Crippen LogP contribution in [0.15, 0.2) is 12.4 Å². The molecule has 0 bridgehead atoms. The largest absolute Gasteiger partial charge is 0.382 e. The van der Waals surface area contributed by atoms with Gasteiger partial charge in [-0.3, -0.25) is 4.68 Å². The average molecular weight is 262 g/mol. The SMILES string of the molecule is CCOCCCNCc1cnn(C(C)C)c1.Cl. The Morgan fingerprint density at radius 1 is 1.47 bits per heavy atom. The molecular formula is C12H24ClN3O. The minimum Gasteiger partial charge on any atom is -0.382 e. The van der Waals surface area contributed by atoms with Crippen LogP contribution in [0.4, 0.5) is 0 Å². The lowest BCUT2D eigenvalue weighted by atomic mass is 10.3. The van der Waals surface area contributed by atoms with Gasteiger partial charge in [-0.2, -0.15) is 5.10 Å². The minimum atomic E-state index is 0. The Morgan fingerprint density at radius 2 is 2.24 bits per heavy atom. The van der Waals surface area contributed by atoms with Crippen molar-refractivity contribution in [2.45, 2.75) is 39.8 Å². The Balaban J connectivity index is 0.00000256. The van der Waals surface area contributed by atoms with Gasteiger partial charge >= 0.3 is 0 Å². The summed E-state index contributed by atoms with van der Waals surface area (Å²) in [5, 5.41) is 7.68. The molecule has 5 heteroatoms. The molecule has 1 aromatic heterocycles. The monoisotopic (exact) mass is 261 g/mol. The summed E-state index contributed by atoms with van der Waals surface area (Å²) in [5.41, 5.74) is 1.24. The quantitative estimate of drug-likeness (QED) is 0.731. The fourth-order valence-electron chi connectivity index (χ4n) is 1.43. The molecule has 0 saturated heterocycles. The topological polar surface area (TPSA) is 39.1 Å². The lowest BCUT2D eigenvalue weighted by molar-refractivity contribution is 0.144. The molecule has 0 radical (unpaired) electrons. The van der Waals surface area contributed by atoms with E-state index in [2.05, 4.69) is 30.5 Å². The summed E-state index contributed by atoms with van der Waals surface area (Å²) in [5.74, 6) is 0. The zero-order valence-electron chi connectivity index (χ0n) is 11.0. The number of halogens is 1. The molecule has 0 spiro atoms. The maximum absolute atomic E-state index is 5.26. The molecule has 1 N–H and O–H groups in total. The van der Waals surface area contributed by atoms with E-state index in [1.54, 1.807) is 0 Å². The zero-order chi connectivity index (χ0) is 11.8. The van der Waals surface area contributed by atoms with Gasteiger partial charge in [0.2, 0.25) is 0 Å². The number of hydrogen-bond donors (Lipinski definition) is 1. The Bertz CT molecular complexity index is 289. The number of aromatic nitrogens is 2. The Morgan fingerprint density at radius 3 is 2.82 bits per heavy atom. The van der Waals surface area contributed by atoms with Crippen molar-refractivity contribution in [1.82, 2.24) is 15.1 Å². The molecule has 0 aliphatic heterocycles. The first-order valence-electron chi connectivity index (χ1n) is 6.05. The van der Waals surface area contributed by atoms with Crippen LogP contribution in [-0.4, -0.2) is 29.5 Å². The van der Waals surface area contributed by atoms with Gasteiger partial charge in [-0.15, -0.1) is 12.4 Å². The summed E-state index contributed by atoms with van der Waals surface area (Å²) in [7, 11) is 0. The lowest BCUT2D eigenvalue weighted by Crippen LogP contribution is -2.16. The number of rotatable bonds is 8. The van der Waals surface area contributed by atoms with Gasteiger partial charge < -0.3 is 10.1 Å². The van der Waals surface area contributed by atoms with E-state index in [0.717, 1.165) is 32.7 Å². The standard InChI is InChI=1S/C12H23N3O.ClH/c1-4-16-7-5-6-13-8-12-9-14-15(10-12)11(2)3;/h9-11,13H,4-8H2,1-3H3;1H. The van der Waals surface area contributed by atoms with Gasteiger partial charge in [-0.1, -0.05) is 0 Å². The van der Waals surface area contributed by atoms with Crippen LogP contribution < -0.4 is 5.32 Å². The first kappa shape index (κ1) is 16.4. The molecule has 0 fully saturated rings. The first-order chi connectivity index (χ1) is 7.74. The normalized spacial score (nSPS) is 10.6. The average Bonchev–Trinajstić information content (AvgIpc) is 2.72. The summed E-state index contributed by atoms with van der Waals surface area (Å²) in [6.45, 7) is 9.81. The molecule has 1 rings (SSSR count). The Hall–Kier alpha value is -0.580. The predicted molar refractivity (Wildman–Crippen MR) is 72.7 cm³/mol. The van der Waals surface area contributed by atoms with E-state index >= 15 is 0 Å². The van der Waals surface area contributed by atoms with Crippen molar-refractivity contribution in [1.29, 1.82) is 0 Å². The Labute approximate surface area is 110 Å². The van der Waals surface area contributed by atoms with Crippen LogP contribution >= 0.6 is 12.4 Å². The van der Waals surface area contributed by atoms with Crippen LogP contribution in [0.25, 0.3) is 0 Å². The van der Waals surface area contributed by atoms with E-state index in [1.807, 2.05) is 17.8 Å². The number of nitrogens with one attached hydrogen (secondary N) is 1. The van der Waals surface area contributed by atoms with Gasteiger partial charge in [0.1, 0.15) is 0 Å². The second-order valence-corrected chi connectivity index (χ2v) is 4.15. The molecule has 0 aromatic carbocycles. The molecule has 1 heterocycles. The van der Waals surface area contributed by atoms with E-state index in [0.29, 0.717) is 6.04 Å². The van der Waals surface area contributed by atoms with Crippen molar-refractivity contribution in [3.8, 4) is 0 Å². The molecule has 0 aliphatic rings. The maximum Gasteiger partial charge on any atom is 0.0534 e. The van der Waals surface area contributed by atoms with Crippen molar-refractivity contribution < 1.29 is 4.74 Å². The van der Waals surface area contributed by atoms with Gasteiger partial charge in [-0.25, -0.2) is 0 Å². The molecule has 0 unspecified atom stereocenters. The second-order valence-electron chi connectivity index (χ2n) is 4.15. The fourth-order valence-corrected chi connectivity index (χ4v) is 1.43. The van der Waals surface area contributed by atoms with Crippen molar-refractivity contribution in [3.05, 3.63) is 18.0 Å². The summed E-state index contributed by atoms with van der Waals surface area (Å²) >= 11 is 0. The van der Waals surface area contributed by atoms with E-state index in [1.165, 1.54) is 5.56 Å². The molecule has 17 heavy (non-hydrogen) atoms. The molecule has 100 valence electrons. The van der Waals surface area contributed by atoms with E-state index in [4.69, 9.17) is 4.74 Å². The second kappa shape index (κ2) is 9.45. The van der Waals surface area contributed by atoms with Crippen molar-refractivity contribution in [3.63, 3.8) is 0 Å². The summed E-state index contributed by atoms with van der Waals surface area (Å²) < 4.78 is 7.25. The summed E-state index contributed by atoms with van der Waals surface area (Å²) in [6, 6.07) is 0.437. The van der Waals surface area contributed by atoms with Crippen LogP contribution in [-0.2, 0) is 11.3 Å². The predicted octanol–water partition coefficient (Wildman–Crippen LogP) is 2.40. The molecule has 0 atom stereocenters. The molecular weight excluding hydrogens is 238 g/mol. The molecule has 0 saturated carbocycles. The van der Waals surface area contributed by atoms with E-state index in [-0.39, 0.29) is 12.4 Å². The fraction of sp³-hybridized carbons (Fsp3) is 0.750. The third-order valence-electron chi connectivity index (χ3n) is 2.36. The van der Waals surface area contributed by atoms with Crippen molar-refractivity contribution >= 4 is 12.4 Å². The number of nitrogens with zero attached hydrogens (tertiary/aromatic N) is 2. The Kier molecular flexibility index (Phi) is 9.13.